The summed E-state index contributed by atoms with van der Waals surface area (Å²) in [5.74, 6) is 0.788. The van der Waals surface area contributed by atoms with Crippen LogP contribution >= 0.6 is 0 Å². The number of carbonyl (C=O) groups is 1. The van der Waals surface area contributed by atoms with E-state index in [-0.39, 0.29) is 6.09 Å². The molecular formula is C13H24N2O2. The van der Waals surface area contributed by atoms with Crippen LogP contribution in [0.25, 0.3) is 0 Å². The van der Waals surface area contributed by atoms with Crippen LogP contribution in [0, 0.1) is 5.92 Å². The van der Waals surface area contributed by atoms with Gasteiger partial charge in [-0.05, 0) is 51.5 Å². The molecule has 4 heteroatoms. The van der Waals surface area contributed by atoms with Crippen LogP contribution in [0.2, 0.25) is 0 Å². The van der Waals surface area contributed by atoms with Crippen LogP contribution in [0.3, 0.4) is 0 Å². The van der Waals surface area contributed by atoms with Crippen LogP contribution in [0.5, 0.6) is 0 Å². The molecule has 1 unspecified atom stereocenters. The van der Waals surface area contributed by atoms with Gasteiger partial charge in [-0.25, -0.2) is 4.79 Å². The number of amides is 1. The Balaban J connectivity index is 1.68. The Bertz CT molecular complexity index is 244. The van der Waals surface area contributed by atoms with Gasteiger partial charge in [0.25, 0.3) is 0 Å². The second kappa shape index (κ2) is 6.24. The minimum absolute atomic E-state index is 0.134. The molecule has 1 amide bonds. The molecule has 0 aromatic carbocycles. The molecule has 0 spiro atoms. The van der Waals surface area contributed by atoms with E-state index in [1.54, 1.807) is 0 Å². The molecule has 0 radical (unpaired) electrons. The molecule has 2 aliphatic heterocycles. The molecule has 98 valence electrons. The van der Waals surface area contributed by atoms with Crippen LogP contribution in [0.1, 0.15) is 39.0 Å². The molecule has 2 saturated heterocycles. The Morgan fingerprint density at radius 3 is 2.71 bits per heavy atom. The van der Waals surface area contributed by atoms with Crippen molar-refractivity contribution in [2.24, 2.45) is 5.92 Å². The van der Waals surface area contributed by atoms with E-state index in [0.717, 1.165) is 37.9 Å². The molecule has 0 aliphatic carbocycles. The van der Waals surface area contributed by atoms with Gasteiger partial charge in [0.1, 0.15) is 0 Å². The molecule has 0 bridgehead atoms. The maximum atomic E-state index is 11.5. The van der Waals surface area contributed by atoms with E-state index in [1.165, 1.54) is 25.8 Å². The van der Waals surface area contributed by atoms with Gasteiger partial charge in [-0.15, -0.1) is 0 Å². The summed E-state index contributed by atoms with van der Waals surface area (Å²) >= 11 is 0. The number of carbonyl (C=O) groups excluding carboxylic acids is 1. The van der Waals surface area contributed by atoms with Crippen molar-refractivity contribution in [1.29, 1.82) is 0 Å². The second-order valence-corrected chi connectivity index (χ2v) is 5.16. The number of rotatable bonds is 3. The Kier molecular flexibility index (Phi) is 4.66. The number of nitrogens with zero attached hydrogens (tertiary/aromatic N) is 1. The number of nitrogens with one attached hydrogen (secondary N) is 1. The summed E-state index contributed by atoms with van der Waals surface area (Å²) in [7, 11) is 0. The highest BCUT2D eigenvalue weighted by Gasteiger charge is 2.26. The highest BCUT2D eigenvalue weighted by Crippen LogP contribution is 2.24. The lowest BCUT2D eigenvalue weighted by Gasteiger charge is -2.32. The quantitative estimate of drug-likeness (QED) is 0.820. The smallest absolute Gasteiger partial charge is 0.409 e. The van der Waals surface area contributed by atoms with Gasteiger partial charge in [-0.3, -0.25) is 0 Å². The van der Waals surface area contributed by atoms with Crippen molar-refractivity contribution in [2.75, 3.05) is 26.2 Å². The Labute approximate surface area is 104 Å². The summed E-state index contributed by atoms with van der Waals surface area (Å²) in [4.78, 5) is 13.4. The number of hydrogen-bond donors (Lipinski definition) is 1. The van der Waals surface area contributed by atoms with Gasteiger partial charge in [-0.1, -0.05) is 0 Å². The average Bonchev–Trinajstić information content (AvgIpc) is 2.83. The van der Waals surface area contributed by atoms with Crippen molar-refractivity contribution in [3.8, 4) is 0 Å². The maximum absolute atomic E-state index is 11.5. The average molecular weight is 240 g/mol. The molecule has 17 heavy (non-hydrogen) atoms. The third kappa shape index (κ3) is 3.60. The molecule has 2 heterocycles. The molecule has 4 nitrogen and oxygen atoms in total. The van der Waals surface area contributed by atoms with Crippen LogP contribution in [0.4, 0.5) is 4.79 Å². The first-order valence-electron chi connectivity index (χ1n) is 6.94. The minimum atomic E-state index is -0.134. The van der Waals surface area contributed by atoms with E-state index < -0.39 is 0 Å². The van der Waals surface area contributed by atoms with Gasteiger partial charge in [0.05, 0.1) is 6.61 Å². The predicted octanol–water partition coefficient (Wildman–Crippen LogP) is 2.00. The van der Waals surface area contributed by atoms with Crippen molar-refractivity contribution in [3.63, 3.8) is 0 Å². The minimum Gasteiger partial charge on any atom is -0.450 e. The Hall–Kier alpha value is -0.770. The lowest BCUT2D eigenvalue weighted by molar-refractivity contribution is 0.0900. The Morgan fingerprint density at radius 1 is 1.35 bits per heavy atom. The number of likely N-dealkylation sites (tertiary alicyclic amines) is 1. The van der Waals surface area contributed by atoms with Crippen LogP contribution in [-0.2, 0) is 4.74 Å². The standard InChI is InChI=1S/C13H24N2O2/c1-2-17-13(16)15-8-5-11(6-9-15)10-12-4-3-7-14-12/h11-12,14H,2-10H2,1H3. The van der Waals surface area contributed by atoms with Gasteiger partial charge in [0.15, 0.2) is 0 Å². The van der Waals surface area contributed by atoms with Gasteiger partial charge >= 0.3 is 6.09 Å². The maximum Gasteiger partial charge on any atom is 0.409 e. The first-order chi connectivity index (χ1) is 8.29. The van der Waals surface area contributed by atoms with Crippen molar-refractivity contribution in [1.82, 2.24) is 10.2 Å². The normalized spacial score (nSPS) is 26.2. The molecule has 1 N–H and O–H groups in total. The fraction of sp³-hybridized carbons (Fsp3) is 0.923. The molecule has 0 saturated carbocycles. The molecular weight excluding hydrogens is 216 g/mol. The van der Waals surface area contributed by atoms with Gasteiger partial charge in [0, 0.05) is 19.1 Å². The van der Waals surface area contributed by atoms with E-state index in [2.05, 4.69) is 5.32 Å². The van der Waals surface area contributed by atoms with Crippen LogP contribution < -0.4 is 5.32 Å². The summed E-state index contributed by atoms with van der Waals surface area (Å²) in [6.45, 7) is 5.26. The lowest BCUT2D eigenvalue weighted by Crippen LogP contribution is -2.40. The monoisotopic (exact) mass is 240 g/mol. The van der Waals surface area contributed by atoms with Gasteiger partial charge < -0.3 is 15.0 Å². The molecule has 0 aromatic heterocycles. The van der Waals surface area contributed by atoms with Gasteiger partial charge in [0.2, 0.25) is 0 Å². The molecule has 2 rings (SSSR count). The first-order valence-corrected chi connectivity index (χ1v) is 6.94. The lowest BCUT2D eigenvalue weighted by atomic mass is 9.90. The molecule has 1 atom stereocenters. The second-order valence-electron chi connectivity index (χ2n) is 5.16. The number of hydrogen-bond acceptors (Lipinski definition) is 3. The summed E-state index contributed by atoms with van der Waals surface area (Å²) in [6.07, 6.45) is 6.08. The highest BCUT2D eigenvalue weighted by molar-refractivity contribution is 5.67. The summed E-state index contributed by atoms with van der Waals surface area (Å²) in [6, 6.07) is 0.731. The fourth-order valence-corrected chi connectivity index (χ4v) is 2.93. The van der Waals surface area contributed by atoms with E-state index in [4.69, 9.17) is 4.74 Å². The number of ether oxygens (including phenoxy) is 1. The SMILES string of the molecule is CCOC(=O)N1CCC(CC2CCCN2)CC1. The third-order valence-electron chi connectivity index (χ3n) is 3.92. The summed E-state index contributed by atoms with van der Waals surface area (Å²) in [5, 5.41) is 3.55. The van der Waals surface area contributed by atoms with Gasteiger partial charge in [-0.2, -0.15) is 0 Å². The van der Waals surface area contributed by atoms with Crippen LogP contribution in [0.15, 0.2) is 0 Å². The topological polar surface area (TPSA) is 41.6 Å². The van der Waals surface area contributed by atoms with Crippen molar-refractivity contribution in [3.05, 3.63) is 0 Å². The summed E-state index contributed by atoms with van der Waals surface area (Å²) in [5.41, 5.74) is 0. The van der Waals surface area contributed by atoms with E-state index in [9.17, 15) is 4.79 Å². The van der Waals surface area contributed by atoms with E-state index in [1.807, 2.05) is 11.8 Å². The van der Waals surface area contributed by atoms with E-state index >= 15 is 0 Å². The number of piperidine rings is 1. The third-order valence-corrected chi connectivity index (χ3v) is 3.92. The van der Waals surface area contributed by atoms with Crippen molar-refractivity contribution in [2.45, 2.75) is 45.1 Å². The van der Waals surface area contributed by atoms with Crippen molar-refractivity contribution >= 4 is 6.09 Å². The predicted molar refractivity (Wildman–Crippen MR) is 67.0 cm³/mol. The largest absolute Gasteiger partial charge is 0.450 e. The zero-order valence-electron chi connectivity index (χ0n) is 10.8. The Morgan fingerprint density at radius 2 is 2.12 bits per heavy atom. The fourth-order valence-electron chi connectivity index (χ4n) is 2.93. The zero-order chi connectivity index (χ0) is 12.1. The molecule has 2 fully saturated rings. The molecule has 0 aromatic rings. The highest BCUT2D eigenvalue weighted by atomic mass is 16.6. The molecule has 2 aliphatic rings. The zero-order valence-corrected chi connectivity index (χ0v) is 10.8. The van der Waals surface area contributed by atoms with Crippen molar-refractivity contribution < 1.29 is 9.53 Å². The summed E-state index contributed by atoms with van der Waals surface area (Å²) < 4.78 is 5.02. The van der Waals surface area contributed by atoms with E-state index in [0.29, 0.717) is 6.61 Å². The first kappa shape index (κ1) is 12.7. The van der Waals surface area contributed by atoms with Crippen LogP contribution in [-0.4, -0.2) is 43.3 Å².